The molecule has 0 fully saturated rings. The number of carbonyl (C=O) groups excluding carboxylic acids is 1. The molecule has 0 unspecified atom stereocenters. The number of nitrogens with one attached hydrogen (secondary N) is 1. The topological polar surface area (TPSA) is 44.8 Å². The molecule has 1 heterocycles. The van der Waals surface area contributed by atoms with E-state index >= 15 is 0 Å². The number of likely N-dealkylation sites (N-methyl/N-ethyl adjacent to an activating group) is 1. The maximum atomic E-state index is 12.7. The van der Waals surface area contributed by atoms with Crippen LogP contribution < -0.4 is 10.1 Å². The zero-order chi connectivity index (χ0) is 22.8. The summed E-state index contributed by atoms with van der Waals surface area (Å²) in [5.41, 5.74) is 4.38. The largest absolute Gasteiger partial charge is 0.493 e. The summed E-state index contributed by atoms with van der Waals surface area (Å²) in [4.78, 5) is 17.3. The Kier molecular flexibility index (Phi) is 9.57. The van der Waals surface area contributed by atoms with Gasteiger partial charge in [-0.25, -0.2) is 0 Å². The van der Waals surface area contributed by atoms with Crippen LogP contribution in [0.1, 0.15) is 59.7 Å². The minimum atomic E-state index is -0.0296. The van der Waals surface area contributed by atoms with Crippen LogP contribution in [0.3, 0.4) is 0 Å². The average Bonchev–Trinajstić information content (AvgIpc) is 2.76. The van der Waals surface area contributed by atoms with E-state index in [4.69, 9.17) is 4.74 Å². The van der Waals surface area contributed by atoms with Gasteiger partial charge in [-0.05, 0) is 87.8 Å². The highest BCUT2D eigenvalue weighted by Crippen LogP contribution is 2.25. The van der Waals surface area contributed by atoms with E-state index in [1.54, 1.807) is 0 Å². The third-order valence-corrected chi connectivity index (χ3v) is 5.88. The van der Waals surface area contributed by atoms with Crippen molar-refractivity contribution in [1.82, 2.24) is 15.1 Å². The molecule has 0 aliphatic carbocycles. The van der Waals surface area contributed by atoms with Gasteiger partial charge < -0.3 is 15.0 Å². The fourth-order valence-electron chi connectivity index (χ4n) is 4.19. The number of rotatable bonds is 6. The predicted molar refractivity (Wildman–Crippen MR) is 131 cm³/mol. The molecule has 1 N–H and O–H groups in total. The number of hydrogen-bond acceptors (Lipinski definition) is 4. The lowest BCUT2D eigenvalue weighted by molar-refractivity contribution is 0.0951. The Bertz CT molecular complexity index is 866. The van der Waals surface area contributed by atoms with Crippen LogP contribution in [0.2, 0.25) is 0 Å². The van der Waals surface area contributed by atoms with Gasteiger partial charge in [0.1, 0.15) is 5.75 Å². The minimum absolute atomic E-state index is 0.0296. The highest BCUT2D eigenvalue weighted by Gasteiger charge is 2.13. The Morgan fingerprint density at radius 2 is 1.94 bits per heavy atom. The van der Waals surface area contributed by atoms with E-state index in [-0.39, 0.29) is 5.91 Å². The molecule has 3 rings (SSSR count). The van der Waals surface area contributed by atoms with Gasteiger partial charge in [-0.15, -0.1) is 0 Å². The van der Waals surface area contributed by atoms with Crippen LogP contribution in [-0.4, -0.2) is 62.6 Å². The molecule has 0 saturated carbocycles. The molecule has 32 heavy (non-hydrogen) atoms. The van der Waals surface area contributed by atoms with Crippen molar-refractivity contribution in [2.75, 3.05) is 46.9 Å². The molecule has 1 amide bonds. The second kappa shape index (κ2) is 12.6. The van der Waals surface area contributed by atoms with Gasteiger partial charge in [0.25, 0.3) is 5.91 Å². The van der Waals surface area contributed by atoms with E-state index in [1.165, 1.54) is 30.4 Å². The summed E-state index contributed by atoms with van der Waals surface area (Å²) < 4.78 is 6.17. The van der Waals surface area contributed by atoms with Crippen molar-refractivity contribution in [2.24, 2.45) is 0 Å². The Balaban J connectivity index is 1.82. The Morgan fingerprint density at radius 3 is 2.75 bits per heavy atom. The highest BCUT2D eigenvalue weighted by molar-refractivity contribution is 5.94. The molecule has 5 heteroatoms. The summed E-state index contributed by atoms with van der Waals surface area (Å²) in [7, 11) is 4.01. The molecule has 2 aromatic rings. The molecule has 0 saturated heterocycles. The van der Waals surface area contributed by atoms with Gasteiger partial charge in [-0.1, -0.05) is 31.2 Å². The zero-order valence-corrected chi connectivity index (χ0v) is 20.0. The van der Waals surface area contributed by atoms with Crippen LogP contribution in [-0.2, 0) is 13.0 Å². The van der Waals surface area contributed by atoms with Crippen LogP contribution in [0.15, 0.2) is 42.5 Å². The molecule has 0 atom stereocenters. The summed E-state index contributed by atoms with van der Waals surface area (Å²) in [6, 6.07) is 14.7. The van der Waals surface area contributed by atoms with Crippen molar-refractivity contribution in [3.8, 4) is 5.75 Å². The quantitative estimate of drug-likeness (QED) is 0.730. The third-order valence-electron chi connectivity index (χ3n) is 5.88. The van der Waals surface area contributed by atoms with Crippen molar-refractivity contribution < 1.29 is 9.53 Å². The van der Waals surface area contributed by atoms with Crippen molar-refractivity contribution in [2.45, 2.75) is 45.6 Å². The number of carbonyl (C=O) groups is 1. The minimum Gasteiger partial charge on any atom is -0.493 e. The smallest absolute Gasteiger partial charge is 0.251 e. The van der Waals surface area contributed by atoms with E-state index in [9.17, 15) is 4.79 Å². The van der Waals surface area contributed by atoms with Crippen molar-refractivity contribution >= 4 is 5.91 Å². The monoisotopic (exact) mass is 437 g/mol. The SMILES string of the molecule is CCCN1CCCCCOc2ccc(C(=O)NCCN(C)C)cc2Cc2cccc(c2)C1. The zero-order valence-electron chi connectivity index (χ0n) is 20.0. The number of hydrogen-bond donors (Lipinski definition) is 1. The number of ether oxygens (including phenoxy) is 1. The average molecular weight is 438 g/mol. The van der Waals surface area contributed by atoms with Gasteiger partial charge in [0.15, 0.2) is 0 Å². The first kappa shape index (κ1) is 24.3. The van der Waals surface area contributed by atoms with Gasteiger partial charge in [0.05, 0.1) is 6.61 Å². The summed E-state index contributed by atoms with van der Waals surface area (Å²) in [5, 5.41) is 3.02. The molecule has 0 aromatic heterocycles. The van der Waals surface area contributed by atoms with Crippen LogP contribution in [0.5, 0.6) is 5.75 Å². The Hall–Kier alpha value is -2.37. The number of fused-ring (bicyclic) bond motifs is 3. The van der Waals surface area contributed by atoms with Crippen LogP contribution in [0.25, 0.3) is 0 Å². The fraction of sp³-hybridized carbons (Fsp3) is 0.519. The first-order chi connectivity index (χ1) is 15.5. The number of benzene rings is 2. The van der Waals surface area contributed by atoms with E-state index in [0.29, 0.717) is 12.1 Å². The number of amides is 1. The fourth-order valence-corrected chi connectivity index (χ4v) is 4.19. The van der Waals surface area contributed by atoms with E-state index < -0.39 is 0 Å². The van der Waals surface area contributed by atoms with Crippen molar-refractivity contribution in [1.29, 1.82) is 0 Å². The van der Waals surface area contributed by atoms with Gasteiger partial charge in [-0.3, -0.25) is 9.69 Å². The predicted octanol–water partition coefficient (Wildman–Crippen LogP) is 4.34. The molecular weight excluding hydrogens is 398 g/mol. The van der Waals surface area contributed by atoms with Gasteiger partial charge >= 0.3 is 0 Å². The van der Waals surface area contributed by atoms with Crippen LogP contribution >= 0.6 is 0 Å². The van der Waals surface area contributed by atoms with Crippen LogP contribution in [0.4, 0.5) is 0 Å². The maximum absolute atomic E-state index is 12.7. The second-order valence-electron chi connectivity index (χ2n) is 9.06. The lowest BCUT2D eigenvalue weighted by atomic mass is 9.99. The number of nitrogens with zero attached hydrogens (tertiary/aromatic N) is 2. The molecule has 2 aromatic carbocycles. The molecule has 1 aliphatic heterocycles. The molecule has 5 nitrogen and oxygen atoms in total. The van der Waals surface area contributed by atoms with Gasteiger partial charge in [0, 0.05) is 31.6 Å². The van der Waals surface area contributed by atoms with Crippen LogP contribution in [0, 0.1) is 0 Å². The third kappa shape index (κ3) is 7.64. The molecule has 0 spiro atoms. The molecule has 174 valence electrons. The van der Waals surface area contributed by atoms with Crippen molar-refractivity contribution in [3.05, 3.63) is 64.7 Å². The van der Waals surface area contributed by atoms with Gasteiger partial charge in [0.2, 0.25) is 0 Å². The Morgan fingerprint density at radius 1 is 1.09 bits per heavy atom. The lowest BCUT2D eigenvalue weighted by Gasteiger charge is -2.22. The first-order valence-corrected chi connectivity index (χ1v) is 12.0. The van der Waals surface area contributed by atoms with Crippen molar-refractivity contribution in [3.63, 3.8) is 0 Å². The molecule has 1 aliphatic rings. The van der Waals surface area contributed by atoms with E-state index in [0.717, 1.165) is 56.9 Å². The Labute approximate surface area is 193 Å². The maximum Gasteiger partial charge on any atom is 0.251 e. The summed E-state index contributed by atoms with van der Waals surface area (Å²) in [5.74, 6) is 0.864. The summed E-state index contributed by atoms with van der Waals surface area (Å²) in [6.07, 6.45) is 5.35. The molecule has 0 radical (unpaired) electrons. The lowest BCUT2D eigenvalue weighted by Crippen LogP contribution is -2.31. The summed E-state index contributed by atoms with van der Waals surface area (Å²) >= 11 is 0. The summed E-state index contributed by atoms with van der Waals surface area (Å²) in [6.45, 7) is 7.70. The van der Waals surface area contributed by atoms with Gasteiger partial charge in [-0.2, -0.15) is 0 Å². The second-order valence-corrected chi connectivity index (χ2v) is 9.06. The van der Waals surface area contributed by atoms with E-state index in [2.05, 4.69) is 46.3 Å². The first-order valence-electron chi connectivity index (χ1n) is 12.0. The molecule has 2 bridgehead atoms. The molecular formula is C27H39N3O2. The highest BCUT2D eigenvalue weighted by atomic mass is 16.5. The van der Waals surface area contributed by atoms with E-state index in [1.807, 2.05) is 32.3 Å². The standard InChI is InChI=1S/C27H39N3O2/c1-4-14-30-15-6-5-7-17-32-26-12-11-24(27(31)28-13-16-29(2)3)20-25(26)19-22-9-8-10-23(18-22)21-30/h8-12,18,20H,4-7,13-17,19,21H2,1-3H3,(H,28,31). The normalized spacial score (nSPS) is 15.5.